The lowest BCUT2D eigenvalue weighted by Gasteiger charge is -2.03. The molecular weight excluding hydrogens is 198 g/mol. The van der Waals surface area contributed by atoms with E-state index in [-0.39, 0.29) is 5.82 Å². The summed E-state index contributed by atoms with van der Waals surface area (Å²) in [6.45, 7) is 0. The Morgan fingerprint density at radius 3 is 2.57 bits per heavy atom. The lowest BCUT2D eigenvalue weighted by Crippen LogP contribution is -1.95. The van der Waals surface area contributed by atoms with Gasteiger partial charge in [-0.2, -0.15) is 5.10 Å². The molecule has 0 saturated carbocycles. The Balaban J connectivity index is 2.58. The smallest absolute Gasteiger partial charge is 0.165 e. The molecule has 14 heavy (non-hydrogen) atoms. The molecular formula is C10H8ClN3. The number of hydrogen-bond donors (Lipinski definition) is 1. The summed E-state index contributed by atoms with van der Waals surface area (Å²) in [6, 6.07) is 9.70. The van der Waals surface area contributed by atoms with E-state index in [1.807, 2.05) is 30.3 Å². The quantitative estimate of drug-likeness (QED) is 0.778. The Labute approximate surface area is 86.5 Å². The molecule has 0 aliphatic heterocycles. The number of anilines is 1. The second kappa shape index (κ2) is 3.64. The first-order valence-corrected chi connectivity index (χ1v) is 4.49. The number of rotatable bonds is 1. The van der Waals surface area contributed by atoms with E-state index in [2.05, 4.69) is 10.2 Å². The minimum Gasteiger partial charge on any atom is -0.381 e. The molecule has 0 atom stereocenters. The van der Waals surface area contributed by atoms with Gasteiger partial charge in [-0.05, 0) is 5.56 Å². The number of nitrogen functional groups attached to an aromatic ring is 1. The summed E-state index contributed by atoms with van der Waals surface area (Å²) >= 11 is 6.00. The number of benzene rings is 1. The maximum absolute atomic E-state index is 6.00. The van der Waals surface area contributed by atoms with Crippen molar-refractivity contribution in [3.05, 3.63) is 41.6 Å². The van der Waals surface area contributed by atoms with Crippen LogP contribution in [0.1, 0.15) is 0 Å². The molecule has 0 saturated heterocycles. The Bertz CT molecular complexity index is 442. The highest BCUT2D eigenvalue weighted by Gasteiger charge is 2.06. The average molecular weight is 206 g/mol. The van der Waals surface area contributed by atoms with Crippen molar-refractivity contribution in [1.29, 1.82) is 0 Å². The van der Waals surface area contributed by atoms with E-state index in [0.29, 0.717) is 5.02 Å². The van der Waals surface area contributed by atoms with E-state index in [1.165, 1.54) is 0 Å². The number of halogens is 1. The molecule has 0 bridgehead atoms. The van der Waals surface area contributed by atoms with Gasteiger partial charge in [-0.15, -0.1) is 5.10 Å². The maximum atomic E-state index is 6.00. The molecule has 0 radical (unpaired) electrons. The second-order valence-electron chi connectivity index (χ2n) is 2.82. The summed E-state index contributed by atoms with van der Waals surface area (Å²) in [5.41, 5.74) is 7.34. The van der Waals surface area contributed by atoms with Crippen LogP contribution in [0.5, 0.6) is 0 Å². The Kier molecular flexibility index (Phi) is 2.33. The van der Waals surface area contributed by atoms with Gasteiger partial charge in [0.25, 0.3) is 0 Å². The third-order valence-corrected chi connectivity index (χ3v) is 2.30. The van der Waals surface area contributed by atoms with Gasteiger partial charge >= 0.3 is 0 Å². The summed E-state index contributed by atoms with van der Waals surface area (Å²) in [5, 5.41) is 7.87. The zero-order chi connectivity index (χ0) is 9.97. The first-order chi connectivity index (χ1) is 6.79. The Morgan fingerprint density at radius 2 is 1.86 bits per heavy atom. The van der Waals surface area contributed by atoms with Gasteiger partial charge in [0.2, 0.25) is 0 Å². The van der Waals surface area contributed by atoms with Crippen LogP contribution in [0, 0.1) is 0 Å². The summed E-state index contributed by atoms with van der Waals surface area (Å²) < 4.78 is 0. The minimum atomic E-state index is 0.257. The van der Waals surface area contributed by atoms with Gasteiger partial charge in [0.05, 0.1) is 11.2 Å². The monoisotopic (exact) mass is 205 g/mol. The van der Waals surface area contributed by atoms with Crippen LogP contribution >= 0.6 is 11.6 Å². The minimum absolute atomic E-state index is 0.257. The summed E-state index contributed by atoms with van der Waals surface area (Å²) in [7, 11) is 0. The van der Waals surface area contributed by atoms with Crippen molar-refractivity contribution in [1.82, 2.24) is 10.2 Å². The highest BCUT2D eigenvalue weighted by Crippen LogP contribution is 2.29. The molecule has 2 N–H and O–H groups in total. The normalized spacial score (nSPS) is 10.1. The van der Waals surface area contributed by atoms with Crippen molar-refractivity contribution in [3.63, 3.8) is 0 Å². The number of hydrogen-bond acceptors (Lipinski definition) is 3. The molecule has 4 heteroatoms. The molecule has 0 fully saturated rings. The lowest BCUT2D eigenvalue weighted by atomic mass is 10.1. The highest BCUT2D eigenvalue weighted by atomic mass is 35.5. The van der Waals surface area contributed by atoms with Gasteiger partial charge < -0.3 is 5.73 Å². The summed E-state index contributed by atoms with van der Waals surface area (Å²) in [6.07, 6.45) is 1.61. The third kappa shape index (κ3) is 1.54. The zero-order valence-corrected chi connectivity index (χ0v) is 8.07. The molecule has 0 amide bonds. The van der Waals surface area contributed by atoms with Crippen molar-refractivity contribution in [2.45, 2.75) is 0 Å². The molecule has 1 aromatic heterocycles. The third-order valence-electron chi connectivity index (χ3n) is 1.90. The van der Waals surface area contributed by atoms with Crippen molar-refractivity contribution in [3.8, 4) is 11.1 Å². The molecule has 0 aliphatic rings. The van der Waals surface area contributed by atoms with E-state index < -0.39 is 0 Å². The fourth-order valence-electron chi connectivity index (χ4n) is 1.21. The molecule has 0 unspecified atom stereocenters. The predicted molar refractivity (Wildman–Crippen MR) is 56.9 cm³/mol. The standard InChI is InChI=1S/C10H8ClN3/c11-9-8(6-13-14-10(9)12)7-4-2-1-3-5-7/h1-6H,(H2,12,14). The van der Waals surface area contributed by atoms with Crippen molar-refractivity contribution >= 4 is 17.4 Å². The average Bonchev–Trinajstić information content (AvgIpc) is 2.23. The first kappa shape index (κ1) is 8.97. The fraction of sp³-hybridized carbons (Fsp3) is 0. The van der Waals surface area contributed by atoms with E-state index in [0.717, 1.165) is 11.1 Å². The van der Waals surface area contributed by atoms with Crippen molar-refractivity contribution in [2.24, 2.45) is 0 Å². The van der Waals surface area contributed by atoms with Gasteiger partial charge in [0, 0.05) is 5.56 Å². The van der Waals surface area contributed by atoms with Gasteiger partial charge in [-0.25, -0.2) is 0 Å². The van der Waals surface area contributed by atoms with Gasteiger partial charge in [-0.1, -0.05) is 41.9 Å². The topological polar surface area (TPSA) is 51.8 Å². The molecule has 2 rings (SSSR count). The molecule has 2 aromatic rings. The van der Waals surface area contributed by atoms with Crippen LogP contribution in [0.3, 0.4) is 0 Å². The van der Waals surface area contributed by atoms with Crippen molar-refractivity contribution < 1.29 is 0 Å². The van der Waals surface area contributed by atoms with Crippen LogP contribution < -0.4 is 5.73 Å². The molecule has 1 aromatic carbocycles. The van der Waals surface area contributed by atoms with Gasteiger partial charge in [0.1, 0.15) is 0 Å². The highest BCUT2D eigenvalue weighted by molar-refractivity contribution is 6.35. The Hall–Kier alpha value is -1.61. The van der Waals surface area contributed by atoms with Crippen LogP contribution in [0.25, 0.3) is 11.1 Å². The van der Waals surface area contributed by atoms with Crippen LogP contribution in [-0.2, 0) is 0 Å². The largest absolute Gasteiger partial charge is 0.381 e. The summed E-state index contributed by atoms with van der Waals surface area (Å²) in [5.74, 6) is 0.257. The summed E-state index contributed by atoms with van der Waals surface area (Å²) in [4.78, 5) is 0. The molecule has 1 heterocycles. The van der Waals surface area contributed by atoms with Crippen LogP contribution in [-0.4, -0.2) is 10.2 Å². The number of nitrogens with zero attached hydrogens (tertiary/aromatic N) is 2. The molecule has 3 nitrogen and oxygen atoms in total. The second-order valence-corrected chi connectivity index (χ2v) is 3.20. The maximum Gasteiger partial charge on any atom is 0.165 e. The lowest BCUT2D eigenvalue weighted by molar-refractivity contribution is 1.04. The zero-order valence-electron chi connectivity index (χ0n) is 7.31. The first-order valence-electron chi connectivity index (χ1n) is 4.11. The van der Waals surface area contributed by atoms with E-state index >= 15 is 0 Å². The van der Waals surface area contributed by atoms with Crippen molar-refractivity contribution in [2.75, 3.05) is 5.73 Å². The number of aromatic nitrogens is 2. The van der Waals surface area contributed by atoms with E-state index in [9.17, 15) is 0 Å². The molecule has 0 spiro atoms. The van der Waals surface area contributed by atoms with Gasteiger partial charge in [0.15, 0.2) is 5.82 Å². The SMILES string of the molecule is Nc1nncc(-c2ccccc2)c1Cl. The molecule has 0 aliphatic carbocycles. The fourth-order valence-corrected chi connectivity index (χ4v) is 1.40. The number of nitrogens with two attached hydrogens (primary N) is 1. The molecule has 70 valence electrons. The van der Waals surface area contributed by atoms with Crippen LogP contribution in [0.15, 0.2) is 36.5 Å². The van der Waals surface area contributed by atoms with Crippen LogP contribution in [0.2, 0.25) is 5.02 Å². The van der Waals surface area contributed by atoms with Crippen LogP contribution in [0.4, 0.5) is 5.82 Å². The van der Waals surface area contributed by atoms with E-state index in [4.69, 9.17) is 17.3 Å². The van der Waals surface area contributed by atoms with E-state index in [1.54, 1.807) is 6.20 Å². The van der Waals surface area contributed by atoms with Gasteiger partial charge in [-0.3, -0.25) is 0 Å². The predicted octanol–water partition coefficient (Wildman–Crippen LogP) is 2.38. The Morgan fingerprint density at radius 1 is 1.14 bits per heavy atom.